The molecule has 0 unspecified atom stereocenters. The number of rotatable bonds is 0. The molecule has 1 saturated carbocycles. The van der Waals surface area contributed by atoms with Gasteiger partial charge in [0.15, 0.2) is 11.5 Å². The van der Waals surface area contributed by atoms with Gasteiger partial charge in [-0.2, -0.15) is 0 Å². The lowest BCUT2D eigenvalue weighted by molar-refractivity contribution is -0.136. The topological polar surface area (TPSA) is 59.0 Å². The van der Waals surface area contributed by atoms with E-state index >= 15 is 0 Å². The highest BCUT2D eigenvalue weighted by Crippen LogP contribution is 2.51. The van der Waals surface area contributed by atoms with Gasteiger partial charge in [-0.15, -0.1) is 0 Å². The van der Waals surface area contributed by atoms with Crippen molar-refractivity contribution in [3.05, 3.63) is 23.3 Å². The first kappa shape index (κ1) is 11.9. The number of carbonyl (C=O) groups excluding carboxylic acids is 1. The lowest BCUT2D eigenvalue weighted by Crippen LogP contribution is -2.45. The first-order valence-electron chi connectivity index (χ1n) is 7.65. The van der Waals surface area contributed by atoms with Crippen LogP contribution in [0, 0.1) is 5.92 Å². The van der Waals surface area contributed by atoms with Crippen molar-refractivity contribution in [1.29, 1.82) is 0 Å². The van der Waals surface area contributed by atoms with Crippen molar-refractivity contribution < 1.29 is 19.4 Å². The van der Waals surface area contributed by atoms with E-state index in [2.05, 4.69) is 6.07 Å². The van der Waals surface area contributed by atoms with E-state index in [4.69, 9.17) is 9.47 Å². The predicted molar refractivity (Wildman–Crippen MR) is 73.0 cm³/mol. The van der Waals surface area contributed by atoms with Crippen LogP contribution in [0.4, 0.5) is 0 Å². The second kappa shape index (κ2) is 3.91. The molecule has 4 aliphatic rings. The minimum absolute atomic E-state index is 0.0924. The monoisotopic (exact) mass is 287 g/mol. The summed E-state index contributed by atoms with van der Waals surface area (Å²) in [5.74, 6) is 1.90. The van der Waals surface area contributed by atoms with Gasteiger partial charge in [0.25, 0.3) is 5.91 Å². The van der Waals surface area contributed by atoms with E-state index in [0.29, 0.717) is 12.5 Å². The fourth-order valence-corrected chi connectivity index (χ4v) is 4.69. The molecular weight excluding hydrogens is 270 g/mol. The minimum Gasteiger partial charge on any atom is -0.454 e. The van der Waals surface area contributed by atoms with E-state index in [1.54, 1.807) is 0 Å². The van der Waals surface area contributed by atoms with E-state index in [1.165, 1.54) is 5.56 Å². The Bertz CT molecular complexity index is 643. The smallest absolute Gasteiger partial charge is 0.252 e. The third-order valence-corrected chi connectivity index (χ3v) is 5.58. The Morgan fingerprint density at radius 3 is 2.86 bits per heavy atom. The van der Waals surface area contributed by atoms with Gasteiger partial charge in [0.05, 0.1) is 0 Å². The maximum atomic E-state index is 12.3. The van der Waals surface area contributed by atoms with Crippen LogP contribution < -0.4 is 9.47 Å². The fraction of sp³-hybridized carbons (Fsp3) is 0.562. The average molecular weight is 287 g/mol. The molecule has 110 valence electrons. The maximum Gasteiger partial charge on any atom is 0.252 e. The van der Waals surface area contributed by atoms with Crippen LogP contribution >= 0.6 is 0 Å². The standard InChI is InChI=1S/C16H17NO4/c18-15-10-3-1-2-9-11-5-13-12(20-7-21-13)4-8(11)6-17(14(9)10)16(15)19/h4-5,9-10,14-15,18H,1-3,6-7H2/t9-,10+,14-,15+/m0/s1. The quantitative estimate of drug-likeness (QED) is 0.783. The zero-order valence-corrected chi connectivity index (χ0v) is 11.6. The molecule has 0 bridgehead atoms. The van der Waals surface area contributed by atoms with Crippen LogP contribution in [0.1, 0.15) is 36.3 Å². The molecule has 1 N–H and O–H groups in total. The summed E-state index contributed by atoms with van der Waals surface area (Å²) in [6.45, 7) is 0.857. The highest BCUT2D eigenvalue weighted by molar-refractivity contribution is 5.85. The molecule has 5 rings (SSSR count). The predicted octanol–water partition coefficient (Wildman–Crippen LogP) is 1.38. The molecular formula is C16H17NO4. The lowest BCUT2D eigenvalue weighted by atomic mass is 9.71. The summed E-state index contributed by atoms with van der Waals surface area (Å²) in [7, 11) is 0. The number of aliphatic hydroxyl groups excluding tert-OH is 1. The molecule has 21 heavy (non-hydrogen) atoms. The number of carbonyl (C=O) groups is 1. The van der Waals surface area contributed by atoms with E-state index in [0.717, 1.165) is 36.3 Å². The second-order valence-electron chi connectivity index (χ2n) is 6.51. The number of nitrogens with zero attached hydrogens (tertiary/aromatic N) is 1. The van der Waals surface area contributed by atoms with Crippen LogP contribution in [0.15, 0.2) is 12.1 Å². The summed E-state index contributed by atoms with van der Waals surface area (Å²) in [6, 6.07) is 4.27. The van der Waals surface area contributed by atoms with E-state index < -0.39 is 6.10 Å². The van der Waals surface area contributed by atoms with Crippen molar-refractivity contribution in [2.24, 2.45) is 5.92 Å². The number of hydrogen-bond acceptors (Lipinski definition) is 4. The van der Waals surface area contributed by atoms with Gasteiger partial charge < -0.3 is 19.5 Å². The Hall–Kier alpha value is -1.75. The van der Waals surface area contributed by atoms with Crippen LogP contribution in [0.5, 0.6) is 11.5 Å². The molecule has 1 aliphatic carbocycles. The van der Waals surface area contributed by atoms with Crippen molar-refractivity contribution in [2.45, 2.75) is 43.9 Å². The molecule has 1 saturated heterocycles. The highest BCUT2D eigenvalue weighted by Gasteiger charge is 2.54. The average Bonchev–Trinajstić information content (AvgIpc) is 3.05. The zero-order chi connectivity index (χ0) is 14.1. The normalized spacial score (nSPS) is 35.7. The van der Waals surface area contributed by atoms with Crippen molar-refractivity contribution in [3.8, 4) is 11.5 Å². The van der Waals surface area contributed by atoms with Gasteiger partial charge >= 0.3 is 0 Å². The lowest BCUT2D eigenvalue weighted by Gasteiger charge is -2.43. The Morgan fingerprint density at radius 1 is 1.19 bits per heavy atom. The molecule has 3 heterocycles. The molecule has 0 radical (unpaired) electrons. The summed E-state index contributed by atoms with van der Waals surface area (Å²) in [5.41, 5.74) is 2.43. The zero-order valence-electron chi connectivity index (χ0n) is 11.6. The number of ether oxygens (including phenoxy) is 2. The summed E-state index contributed by atoms with van der Waals surface area (Å²) >= 11 is 0. The summed E-state index contributed by atoms with van der Waals surface area (Å²) in [5, 5.41) is 10.2. The van der Waals surface area contributed by atoms with Gasteiger partial charge in [-0.05, 0) is 36.1 Å². The van der Waals surface area contributed by atoms with E-state index in [9.17, 15) is 9.90 Å². The first-order valence-corrected chi connectivity index (χ1v) is 7.65. The van der Waals surface area contributed by atoms with Crippen LogP contribution in [-0.4, -0.2) is 34.9 Å². The molecule has 1 amide bonds. The van der Waals surface area contributed by atoms with Gasteiger partial charge in [-0.3, -0.25) is 4.79 Å². The Balaban J connectivity index is 1.66. The van der Waals surface area contributed by atoms with Gasteiger partial charge in [0.1, 0.15) is 6.10 Å². The highest BCUT2D eigenvalue weighted by atomic mass is 16.7. The Labute approximate surface area is 122 Å². The number of benzene rings is 1. The molecule has 5 heteroatoms. The number of fused-ring (bicyclic) bond motifs is 3. The number of amides is 1. The van der Waals surface area contributed by atoms with E-state index in [1.807, 2.05) is 11.0 Å². The molecule has 1 aromatic carbocycles. The summed E-state index contributed by atoms with van der Waals surface area (Å²) in [6.07, 6.45) is 2.28. The molecule has 0 aromatic heterocycles. The van der Waals surface area contributed by atoms with Crippen molar-refractivity contribution in [2.75, 3.05) is 6.79 Å². The fourth-order valence-electron chi connectivity index (χ4n) is 4.69. The molecule has 1 aromatic rings. The largest absolute Gasteiger partial charge is 0.454 e. The van der Waals surface area contributed by atoms with E-state index in [-0.39, 0.29) is 24.7 Å². The SMILES string of the molecule is O=C1[C@H](O)[C@@H]2CCC[C@H]3c4cc5c(cc4CN1[C@H]23)OCO5. The van der Waals surface area contributed by atoms with Crippen molar-refractivity contribution in [3.63, 3.8) is 0 Å². The summed E-state index contributed by atoms with van der Waals surface area (Å²) in [4.78, 5) is 14.2. The van der Waals surface area contributed by atoms with Gasteiger partial charge in [-0.25, -0.2) is 0 Å². The van der Waals surface area contributed by atoms with Crippen LogP contribution in [0.25, 0.3) is 0 Å². The molecule has 4 atom stereocenters. The minimum atomic E-state index is -0.813. The number of hydrogen-bond donors (Lipinski definition) is 1. The van der Waals surface area contributed by atoms with Crippen molar-refractivity contribution >= 4 is 5.91 Å². The Morgan fingerprint density at radius 2 is 2.00 bits per heavy atom. The third kappa shape index (κ3) is 1.42. The molecule has 3 aliphatic heterocycles. The van der Waals surface area contributed by atoms with Gasteiger partial charge in [-0.1, -0.05) is 6.42 Å². The number of aliphatic hydroxyl groups is 1. The van der Waals surface area contributed by atoms with Crippen LogP contribution in [-0.2, 0) is 11.3 Å². The Kier molecular flexibility index (Phi) is 2.21. The first-order chi connectivity index (χ1) is 10.2. The molecule has 2 fully saturated rings. The van der Waals surface area contributed by atoms with Crippen LogP contribution in [0.2, 0.25) is 0 Å². The summed E-state index contributed by atoms with van der Waals surface area (Å²) < 4.78 is 11.0. The maximum absolute atomic E-state index is 12.3. The third-order valence-electron chi connectivity index (χ3n) is 5.58. The second-order valence-corrected chi connectivity index (χ2v) is 6.51. The van der Waals surface area contributed by atoms with Crippen LogP contribution in [0.3, 0.4) is 0 Å². The van der Waals surface area contributed by atoms with Gasteiger partial charge in [0, 0.05) is 24.4 Å². The van der Waals surface area contributed by atoms with Gasteiger partial charge in [0.2, 0.25) is 6.79 Å². The molecule has 0 spiro atoms. The molecule has 5 nitrogen and oxygen atoms in total. The van der Waals surface area contributed by atoms with Crippen molar-refractivity contribution in [1.82, 2.24) is 4.90 Å².